The van der Waals surface area contributed by atoms with Crippen LogP contribution in [0.4, 0.5) is 4.39 Å². The lowest BCUT2D eigenvalue weighted by molar-refractivity contribution is -0.145. The number of H-pyrrole nitrogens is 1. The van der Waals surface area contributed by atoms with Crippen molar-refractivity contribution in [3.05, 3.63) is 69.1 Å². The monoisotopic (exact) mass is 472 g/mol. The number of aromatic nitrogens is 1. The number of esters is 1. The Morgan fingerprint density at radius 1 is 1.33 bits per heavy atom. The number of para-hydroxylation sites is 1. The van der Waals surface area contributed by atoms with Crippen LogP contribution in [0, 0.1) is 18.7 Å². The van der Waals surface area contributed by atoms with Crippen molar-refractivity contribution >= 4 is 32.8 Å². The average molecular weight is 473 g/mol. The number of nitrogens with zero attached hydrogens (tertiary/aromatic N) is 1. The first kappa shape index (κ1) is 21.1. The number of carbonyl (C=O) groups excluding carboxylic acids is 1. The van der Waals surface area contributed by atoms with Crippen molar-refractivity contribution in [3.8, 4) is 0 Å². The molecule has 0 amide bonds. The van der Waals surface area contributed by atoms with E-state index in [1.54, 1.807) is 6.07 Å². The summed E-state index contributed by atoms with van der Waals surface area (Å²) >= 11 is 3.57. The molecular formula is C24H26BrFN2O2. The molecule has 0 spiro atoms. The Kier molecular flexibility index (Phi) is 5.73. The highest BCUT2D eigenvalue weighted by Gasteiger charge is 2.39. The van der Waals surface area contributed by atoms with E-state index in [1.165, 1.54) is 24.1 Å². The number of hydrogen-bond acceptors (Lipinski definition) is 3. The third kappa shape index (κ3) is 3.46. The first-order chi connectivity index (χ1) is 14.3. The maximum atomic E-state index is 15.3. The molecule has 0 fully saturated rings. The van der Waals surface area contributed by atoms with Gasteiger partial charge < -0.3 is 9.72 Å². The van der Waals surface area contributed by atoms with Crippen LogP contribution in [0.5, 0.6) is 0 Å². The third-order valence-corrected chi connectivity index (χ3v) is 7.13. The molecule has 1 aliphatic heterocycles. The van der Waals surface area contributed by atoms with Gasteiger partial charge in [-0.05, 0) is 49.6 Å². The zero-order chi connectivity index (χ0) is 21.6. The predicted molar refractivity (Wildman–Crippen MR) is 120 cm³/mol. The van der Waals surface area contributed by atoms with Crippen LogP contribution in [0.1, 0.15) is 42.3 Å². The van der Waals surface area contributed by atoms with Crippen molar-refractivity contribution < 1.29 is 13.9 Å². The molecule has 1 aromatic heterocycles. The van der Waals surface area contributed by atoms with Gasteiger partial charge in [-0.15, -0.1) is 0 Å². The Bertz CT molecular complexity index is 1110. The Morgan fingerprint density at radius 2 is 2.07 bits per heavy atom. The topological polar surface area (TPSA) is 45.3 Å². The van der Waals surface area contributed by atoms with E-state index in [0.29, 0.717) is 12.1 Å². The SMILES string of the molecule is COC(=O)[C@H](C)CN1[C@H](c2c(F)ccc(Br)c2C)c2[nH]c3ccccc3c2C[C@H]1C. The summed E-state index contributed by atoms with van der Waals surface area (Å²) < 4.78 is 21.1. The molecule has 4 nitrogen and oxygen atoms in total. The van der Waals surface area contributed by atoms with Crippen molar-refractivity contribution in [1.82, 2.24) is 9.88 Å². The summed E-state index contributed by atoms with van der Waals surface area (Å²) in [5.74, 6) is -0.814. The molecule has 30 heavy (non-hydrogen) atoms. The summed E-state index contributed by atoms with van der Waals surface area (Å²) in [6, 6.07) is 11.3. The van der Waals surface area contributed by atoms with Gasteiger partial charge in [-0.3, -0.25) is 9.69 Å². The standard InChI is InChI=1S/C24H26BrFN2O2/c1-13(24(29)30-4)12-28-14(2)11-17-16-7-5-6-8-20(16)27-22(17)23(28)21-15(3)18(25)9-10-19(21)26/h5-10,13-14,23,27H,11-12H2,1-4H3/t13-,14-,23-/m1/s1. The summed E-state index contributed by atoms with van der Waals surface area (Å²) in [5, 5.41) is 1.18. The number of rotatable bonds is 4. The Morgan fingerprint density at radius 3 is 2.80 bits per heavy atom. The van der Waals surface area contributed by atoms with E-state index in [2.05, 4.69) is 44.9 Å². The highest BCUT2D eigenvalue weighted by atomic mass is 79.9. The van der Waals surface area contributed by atoms with E-state index in [9.17, 15) is 4.79 Å². The van der Waals surface area contributed by atoms with Gasteiger partial charge in [0.1, 0.15) is 5.82 Å². The van der Waals surface area contributed by atoms with Crippen LogP contribution in [0.15, 0.2) is 40.9 Å². The molecule has 6 heteroatoms. The zero-order valence-electron chi connectivity index (χ0n) is 17.6. The van der Waals surface area contributed by atoms with E-state index in [0.717, 1.165) is 27.7 Å². The summed E-state index contributed by atoms with van der Waals surface area (Å²) in [4.78, 5) is 18.0. The minimum absolute atomic E-state index is 0.131. The Labute approximate surface area is 184 Å². The van der Waals surface area contributed by atoms with E-state index in [-0.39, 0.29) is 29.8 Å². The van der Waals surface area contributed by atoms with Crippen molar-refractivity contribution in [3.63, 3.8) is 0 Å². The fraction of sp³-hybridized carbons (Fsp3) is 0.375. The lowest BCUT2D eigenvalue weighted by Crippen LogP contribution is -2.46. The van der Waals surface area contributed by atoms with Gasteiger partial charge in [0.25, 0.3) is 0 Å². The first-order valence-corrected chi connectivity index (χ1v) is 11.0. The molecule has 0 saturated heterocycles. The maximum Gasteiger partial charge on any atom is 0.309 e. The van der Waals surface area contributed by atoms with E-state index >= 15 is 4.39 Å². The van der Waals surface area contributed by atoms with Crippen LogP contribution >= 0.6 is 15.9 Å². The van der Waals surface area contributed by atoms with Crippen molar-refractivity contribution in [1.29, 1.82) is 0 Å². The summed E-state index contributed by atoms with van der Waals surface area (Å²) in [7, 11) is 1.41. The molecule has 2 heterocycles. The van der Waals surface area contributed by atoms with Crippen molar-refractivity contribution in [2.45, 2.75) is 39.3 Å². The molecule has 3 aromatic rings. The van der Waals surface area contributed by atoms with Gasteiger partial charge in [0.2, 0.25) is 0 Å². The number of carbonyl (C=O) groups is 1. The molecule has 1 aliphatic rings. The third-order valence-electron chi connectivity index (χ3n) is 6.27. The molecular weight excluding hydrogens is 447 g/mol. The van der Waals surface area contributed by atoms with Crippen LogP contribution in [0.2, 0.25) is 0 Å². The fourth-order valence-corrected chi connectivity index (χ4v) is 5.04. The van der Waals surface area contributed by atoms with Crippen molar-refractivity contribution in [2.75, 3.05) is 13.7 Å². The van der Waals surface area contributed by atoms with Crippen LogP contribution in [-0.2, 0) is 16.0 Å². The quantitative estimate of drug-likeness (QED) is 0.508. The molecule has 0 saturated carbocycles. The summed E-state index contributed by atoms with van der Waals surface area (Å²) in [6.45, 7) is 6.43. The number of aromatic amines is 1. The van der Waals surface area contributed by atoms with Crippen LogP contribution < -0.4 is 0 Å². The normalized spacial score (nSPS) is 20.2. The molecule has 0 unspecified atom stereocenters. The lowest BCUT2D eigenvalue weighted by Gasteiger charge is -2.42. The van der Waals surface area contributed by atoms with Crippen molar-refractivity contribution in [2.24, 2.45) is 5.92 Å². The highest BCUT2D eigenvalue weighted by molar-refractivity contribution is 9.10. The summed E-state index contributed by atoms with van der Waals surface area (Å²) in [6.07, 6.45) is 0.832. The van der Waals surface area contributed by atoms with Gasteiger partial charge in [0, 0.05) is 39.2 Å². The molecule has 2 aromatic carbocycles. The maximum absolute atomic E-state index is 15.3. The van der Waals surface area contributed by atoms with Gasteiger partial charge in [0.15, 0.2) is 0 Å². The van der Waals surface area contributed by atoms with Crippen LogP contribution in [0.25, 0.3) is 10.9 Å². The molecule has 1 N–H and O–H groups in total. The number of halogens is 2. The Balaban J connectivity index is 1.93. The lowest BCUT2D eigenvalue weighted by atomic mass is 9.86. The Hall–Kier alpha value is -2.18. The van der Waals surface area contributed by atoms with Gasteiger partial charge in [-0.2, -0.15) is 0 Å². The zero-order valence-corrected chi connectivity index (χ0v) is 19.2. The number of ether oxygens (including phenoxy) is 1. The van der Waals surface area contributed by atoms with E-state index < -0.39 is 0 Å². The molecule has 158 valence electrons. The van der Waals surface area contributed by atoms with Gasteiger partial charge in [-0.1, -0.05) is 41.1 Å². The molecule has 0 aliphatic carbocycles. The molecule has 3 atom stereocenters. The highest BCUT2D eigenvalue weighted by Crippen LogP contribution is 2.43. The average Bonchev–Trinajstić information content (AvgIpc) is 3.10. The number of methoxy groups -OCH3 is 1. The minimum atomic E-state index is -0.319. The second-order valence-electron chi connectivity index (χ2n) is 8.21. The van der Waals surface area contributed by atoms with Gasteiger partial charge in [-0.25, -0.2) is 4.39 Å². The fourth-order valence-electron chi connectivity index (χ4n) is 4.70. The number of hydrogen-bond donors (Lipinski definition) is 1. The van der Waals surface area contributed by atoms with Crippen LogP contribution in [0.3, 0.4) is 0 Å². The number of benzene rings is 2. The first-order valence-electron chi connectivity index (χ1n) is 10.2. The predicted octanol–water partition coefficient (Wildman–Crippen LogP) is 5.52. The van der Waals surface area contributed by atoms with Crippen LogP contribution in [-0.4, -0.2) is 35.5 Å². The van der Waals surface area contributed by atoms with E-state index in [1.807, 2.05) is 26.0 Å². The molecule has 0 radical (unpaired) electrons. The number of nitrogens with one attached hydrogen (secondary N) is 1. The second kappa shape index (κ2) is 8.16. The minimum Gasteiger partial charge on any atom is -0.469 e. The molecule has 0 bridgehead atoms. The molecule has 4 rings (SSSR count). The van der Waals surface area contributed by atoms with E-state index in [4.69, 9.17) is 4.74 Å². The summed E-state index contributed by atoms with van der Waals surface area (Å²) in [5.41, 5.74) is 4.79. The van der Waals surface area contributed by atoms with Gasteiger partial charge in [0.05, 0.1) is 19.1 Å². The largest absolute Gasteiger partial charge is 0.469 e. The smallest absolute Gasteiger partial charge is 0.309 e. The second-order valence-corrected chi connectivity index (χ2v) is 9.06. The van der Waals surface area contributed by atoms with Gasteiger partial charge >= 0.3 is 5.97 Å². The number of fused-ring (bicyclic) bond motifs is 3.